The van der Waals surface area contributed by atoms with Crippen LogP contribution in [0.4, 0.5) is 0 Å². The lowest BCUT2D eigenvalue weighted by Gasteiger charge is -2.38. The summed E-state index contributed by atoms with van der Waals surface area (Å²) in [6, 6.07) is 0. The number of aliphatic hydroxyl groups excluding tert-OH is 4. The van der Waals surface area contributed by atoms with Crippen molar-refractivity contribution in [3.63, 3.8) is 0 Å². The standard InChI is InChI=1S/C6H13NO5/c7-6-5(11)4(10)3(9)2(1-8)12-6/h2-6,8-11H,1,7H2/t2-,3+,4-,5+,6?/m1/s1. The number of rotatable bonds is 1. The van der Waals surface area contributed by atoms with Gasteiger partial charge < -0.3 is 30.9 Å². The Morgan fingerprint density at radius 2 is 1.67 bits per heavy atom. The van der Waals surface area contributed by atoms with Gasteiger partial charge in [0.15, 0.2) is 0 Å². The molecule has 5 atom stereocenters. The highest BCUT2D eigenvalue weighted by Gasteiger charge is 2.41. The average molecular weight is 179 g/mol. The zero-order chi connectivity index (χ0) is 9.30. The van der Waals surface area contributed by atoms with Crippen LogP contribution in [0.25, 0.3) is 0 Å². The predicted molar refractivity (Wildman–Crippen MR) is 38.0 cm³/mol. The summed E-state index contributed by atoms with van der Waals surface area (Å²) < 4.78 is 4.80. The summed E-state index contributed by atoms with van der Waals surface area (Å²) in [5.41, 5.74) is 5.24. The number of aliphatic hydroxyl groups is 4. The summed E-state index contributed by atoms with van der Waals surface area (Å²) >= 11 is 0. The summed E-state index contributed by atoms with van der Waals surface area (Å²) in [7, 11) is 0. The molecule has 12 heavy (non-hydrogen) atoms. The summed E-state index contributed by atoms with van der Waals surface area (Å²) in [6.45, 7) is -0.446. The molecule has 6 nitrogen and oxygen atoms in total. The van der Waals surface area contributed by atoms with Crippen molar-refractivity contribution in [3.8, 4) is 0 Å². The van der Waals surface area contributed by atoms with E-state index < -0.39 is 37.3 Å². The second-order valence-corrected chi connectivity index (χ2v) is 2.79. The third kappa shape index (κ3) is 1.58. The van der Waals surface area contributed by atoms with Gasteiger partial charge in [-0.1, -0.05) is 0 Å². The molecule has 1 heterocycles. The van der Waals surface area contributed by atoms with Crippen LogP contribution in [-0.2, 0) is 4.74 Å². The molecule has 1 unspecified atom stereocenters. The first-order chi connectivity index (χ1) is 5.57. The van der Waals surface area contributed by atoms with E-state index in [0.29, 0.717) is 0 Å². The number of hydrogen-bond donors (Lipinski definition) is 5. The van der Waals surface area contributed by atoms with Crippen molar-refractivity contribution in [2.45, 2.75) is 30.6 Å². The molecule has 1 rings (SSSR count). The van der Waals surface area contributed by atoms with Crippen molar-refractivity contribution in [2.75, 3.05) is 6.61 Å². The van der Waals surface area contributed by atoms with Gasteiger partial charge >= 0.3 is 0 Å². The van der Waals surface area contributed by atoms with E-state index in [1.807, 2.05) is 0 Å². The molecule has 6 N–H and O–H groups in total. The second kappa shape index (κ2) is 3.65. The molecule has 0 aromatic rings. The van der Waals surface area contributed by atoms with E-state index in [4.69, 9.17) is 25.8 Å². The summed E-state index contributed by atoms with van der Waals surface area (Å²) in [5, 5.41) is 36.1. The van der Waals surface area contributed by atoms with Crippen LogP contribution in [0.5, 0.6) is 0 Å². The lowest BCUT2D eigenvalue weighted by molar-refractivity contribution is -0.227. The minimum atomic E-state index is -1.37. The van der Waals surface area contributed by atoms with Gasteiger partial charge in [0.05, 0.1) is 6.61 Å². The van der Waals surface area contributed by atoms with Gasteiger partial charge in [0.1, 0.15) is 30.6 Å². The van der Waals surface area contributed by atoms with Gasteiger partial charge in [-0.05, 0) is 0 Å². The summed E-state index contributed by atoms with van der Waals surface area (Å²) in [5.74, 6) is 0. The number of hydrogen-bond acceptors (Lipinski definition) is 6. The molecule has 0 aromatic carbocycles. The molecule has 0 saturated carbocycles. The van der Waals surface area contributed by atoms with Gasteiger partial charge in [0.2, 0.25) is 0 Å². The molecule has 0 bridgehead atoms. The highest BCUT2D eigenvalue weighted by molar-refractivity contribution is 4.89. The third-order valence-corrected chi connectivity index (χ3v) is 1.93. The SMILES string of the molecule is NC1O[C@H](CO)[C@H](O)[C@@H](O)[C@@H]1O. The predicted octanol–water partition coefficient (Wildman–Crippen LogP) is -3.25. The molecule has 6 heteroatoms. The molecule has 1 aliphatic heterocycles. The molecule has 0 radical (unpaired) electrons. The van der Waals surface area contributed by atoms with Crippen LogP contribution in [0, 0.1) is 0 Å². The van der Waals surface area contributed by atoms with Crippen molar-refractivity contribution in [1.29, 1.82) is 0 Å². The van der Waals surface area contributed by atoms with Crippen molar-refractivity contribution < 1.29 is 25.2 Å². The van der Waals surface area contributed by atoms with E-state index in [1.54, 1.807) is 0 Å². The van der Waals surface area contributed by atoms with Gasteiger partial charge in [-0.25, -0.2) is 0 Å². The van der Waals surface area contributed by atoms with Crippen LogP contribution in [0.2, 0.25) is 0 Å². The van der Waals surface area contributed by atoms with Crippen LogP contribution >= 0.6 is 0 Å². The zero-order valence-electron chi connectivity index (χ0n) is 6.37. The molecule has 0 aromatic heterocycles. The van der Waals surface area contributed by atoms with Gasteiger partial charge in [-0.3, -0.25) is 0 Å². The molecular weight excluding hydrogens is 166 g/mol. The van der Waals surface area contributed by atoms with Crippen molar-refractivity contribution >= 4 is 0 Å². The van der Waals surface area contributed by atoms with Crippen LogP contribution in [0.3, 0.4) is 0 Å². The Kier molecular flexibility index (Phi) is 2.99. The Hall–Kier alpha value is -0.240. The zero-order valence-corrected chi connectivity index (χ0v) is 6.37. The normalized spacial score (nSPS) is 49.2. The Labute approximate surface area is 69.2 Å². The molecule has 72 valence electrons. The number of nitrogens with two attached hydrogens (primary N) is 1. The highest BCUT2D eigenvalue weighted by Crippen LogP contribution is 2.17. The highest BCUT2D eigenvalue weighted by atomic mass is 16.6. The maximum absolute atomic E-state index is 9.18. The van der Waals surface area contributed by atoms with E-state index >= 15 is 0 Å². The van der Waals surface area contributed by atoms with Crippen molar-refractivity contribution in [1.82, 2.24) is 0 Å². The Morgan fingerprint density at radius 1 is 1.08 bits per heavy atom. The van der Waals surface area contributed by atoms with Gasteiger partial charge in [-0.15, -0.1) is 0 Å². The maximum atomic E-state index is 9.18. The van der Waals surface area contributed by atoms with E-state index in [-0.39, 0.29) is 0 Å². The minimum Gasteiger partial charge on any atom is -0.394 e. The van der Waals surface area contributed by atoms with Crippen LogP contribution < -0.4 is 5.73 Å². The van der Waals surface area contributed by atoms with Crippen molar-refractivity contribution in [3.05, 3.63) is 0 Å². The van der Waals surface area contributed by atoms with E-state index in [1.165, 1.54) is 0 Å². The first-order valence-corrected chi connectivity index (χ1v) is 3.64. The molecule has 1 fully saturated rings. The first kappa shape index (κ1) is 9.85. The van der Waals surface area contributed by atoms with Crippen LogP contribution in [0.15, 0.2) is 0 Å². The third-order valence-electron chi connectivity index (χ3n) is 1.93. The lowest BCUT2D eigenvalue weighted by Crippen LogP contribution is -2.61. The van der Waals surface area contributed by atoms with E-state index in [0.717, 1.165) is 0 Å². The average Bonchev–Trinajstić information content (AvgIpc) is 2.08. The smallest absolute Gasteiger partial charge is 0.135 e. The molecule has 1 saturated heterocycles. The van der Waals surface area contributed by atoms with Crippen LogP contribution in [0.1, 0.15) is 0 Å². The van der Waals surface area contributed by atoms with Crippen molar-refractivity contribution in [2.24, 2.45) is 5.73 Å². The minimum absolute atomic E-state index is 0.446. The van der Waals surface area contributed by atoms with E-state index in [2.05, 4.69) is 0 Å². The fourth-order valence-electron chi connectivity index (χ4n) is 1.13. The van der Waals surface area contributed by atoms with Gasteiger partial charge in [-0.2, -0.15) is 0 Å². The first-order valence-electron chi connectivity index (χ1n) is 3.64. The fourth-order valence-corrected chi connectivity index (χ4v) is 1.13. The topological polar surface area (TPSA) is 116 Å². The molecule has 0 amide bonds. The summed E-state index contributed by atoms with van der Waals surface area (Å²) in [6.07, 6.45) is -5.99. The maximum Gasteiger partial charge on any atom is 0.135 e. The second-order valence-electron chi connectivity index (χ2n) is 2.79. The van der Waals surface area contributed by atoms with Crippen LogP contribution in [-0.4, -0.2) is 57.7 Å². The Balaban J connectivity index is 2.63. The lowest BCUT2D eigenvalue weighted by atomic mass is 9.99. The van der Waals surface area contributed by atoms with Gasteiger partial charge in [0, 0.05) is 0 Å². The largest absolute Gasteiger partial charge is 0.394 e. The Bertz CT molecular complexity index is 150. The van der Waals surface area contributed by atoms with Gasteiger partial charge in [0.25, 0.3) is 0 Å². The van der Waals surface area contributed by atoms with E-state index in [9.17, 15) is 5.11 Å². The molecular formula is C6H13NO5. The quantitative estimate of drug-likeness (QED) is 0.288. The number of ether oxygens (including phenoxy) is 1. The Morgan fingerprint density at radius 3 is 2.17 bits per heavy atom. The fraction of sp³-hybridized carbons (Fsp3) is 1.00. The molecule has 0 aliphatic carbocycles. The molecule has 0 spiro atoms. The molecule has 1 aliphatic rings. The summed E-state index contributed by atoms with van der Waals surface area (Å²) in [4.78, 5) is 0. The monoisotopic (exact) mass is 179 g/mol.